The highest BCUT2D eigenvalue weighted by Crippen LogP contribution is 2.49. The fraction of sp³-hybridized carbons (Fsp3) is 0.921. The molecule has 14 unspecified atom stereocenters. The Balaban J connectivity index is 2.01. The topological polar surface area (TPSA) is 146 Å². The highest BCUT2D eigenvalue weighted by Gasteiger charge is 2.57. The van der Waals surface area contributed by atoms with Crippen molar-refractivity contribution in [3.05, 3.63) is 11.6 Å². The number of hydrogen-bond acceptors (Lipinski definition) is 9. The van der Waals surface area contributed by atoms with Crippen LogP contribution in [0.2, 0.25) is 0 Å². The van der Waals surface area contributed by atoms with Crippen LogP contribution in [0.3, 0.4) is 0 Å². The summed E-state index contributed by atoms with van der Waals surface area (Å²) >= 11 is 0. The number of fused-ring (bicyclic) bond motifs is 1. The first kappa shape index (κ1) is 40.4. The van der Waals surface area contributed by atoms with Crippen LogP contribution in [-0.4, -0.2) is 93.0 Å². The van der Waals surface area contributed by atoms with Gasteiger partial charge in [-0.3, -0.25) is 4.79 Å². The van der Waals surface area contributed by atoms with E-state index in [1.54, 1.807) is 0 Å². The second kappa shape index (κ2) is 17.7. The number of cyclic esters (lactones) is 1. The summed E-state index contributed by atoms with van der Waals surface area (Å²) in [5, 5.41) is 56.3. The van der Waals surface area contributed by atoms with E-state index in [0.717, 1.165) is 31.3 Å². The van der Waals surface area contributed by atoms with Gasteiger partial charge in [0, 0.05) is 24.7 Å². The molecule has 47 heavy (non-hydrogen) atoms. The molecule has 274 valence electrons. The van der Waals surface area contributed by atoms with Gasteiger partial charge in [0.05, 0.1) is 67.5 Å². The monoisotopic (exact) mass is 668 g/mol. The molecule has 2 fully saturated rings. The number of aliphatic hydroxyl groups excluding tert-OH is 4. The van der Waals surface area contributed by atoms with E-state index in [2.05, 4.69) is 26.8 Å². The van der Waals surface area contributed by atoms with E-state index >= 15 is 0 Å². The van der Waals surface area contributed by atoms with Crippen molar-refractivity contribution < 1.29 is 44.5 Å². The maximum Gasteiger partial charge on any atom is 0.311 e. The van der Waals surface area contributed by atoms with Crippen molar-refractivity contribution in [2.45, 2.75) is 161 Å². The Labute approximate surface area is 284 Å². The summed E-state index contributed by atoms with van der Waals surface area (Å²) < 4.78 is 19.3. The van der Waals surface area contributed by atoms with Crippen molar-refractivity contribution in [1.29, 1.82) is 0 Å². The van der Waals surface area contributed by atoms with Crippen molar-refractivity contribution in [3.63, 3.8) is 0 Å². The van der Waals surface area contributed by atoms with Crippen molar-refractivity contribution >= 4 is 5.97 Å². The van der Waals surface area contributed by atoms with Crippen molar-refractivity contribution in [2.75, 3.05) is 19.8 Å². The maximum absolute atomic E-state index is 14.0. The zero-order valence-electron chi connectivity index (χ0n) is 30.6. The minimum atomic E-state index is -1.44. The van der Waals surface area contributed by atoms with Gasteiger partial charge < -0.3 is 39.7 Å². The molecular weight excluding hydrogens is 600 g/mol. The quantitative estimate of drug-likeness (QED) is 0.198. The van der Waals surface area contributed by atoms with Crippen LogP contribution < -0.4 is 0 Å². The number of rotatable bonds is 5. The first-order valence-corrected chi connectivity index (χ1v) is 18.7. The Kier molecular flexibility index (Phi) is 15.2. The molecule has 2 heterocycles. The smallest absolute Gasteiger partial charge is 0.311 e. The minimum absolute atomic E-state index is 0.00832. The lowest BCUT2D eigenvalue weighted by Crippen LogP contribution is -2.61. The summed E-state index contributed by atoms with van der Waals surface area (Å²) in [7, 11) is 0. The van der Waals surface area contributed by atoms with Crippen LogP contribution in [-0.2, 0) is 19.0 Å². The molecule has 0 aromatic carbocycles. The van der Waals surface area contributed by atoms with Gasteiger partial charge in [0.1, 0.15) is 0 Å². The number of esters is 1. The normalized spacial score (nSPS) is 45.4. The molecule has 5 N–H and O–H groups in total. The molecule has 9 heteroatoms. The third-order valence-electron chi connectivity index (χ3n) is 12.5. The Hall–Kier alpha value is -1.07. The largest absolute Gasteiger partial charge is 0.465 e. The first-order chi connectivity index (χ1) is 22.2. The van der Waals surface area contributed by atoms with Gasteiger partial charge in [-0.25, -0.2) is 0 Å². The summed E-state index contributed by atoms with van der Waals surface area (Å²) in [4.78, 5) is 14.0. The minimum Gasteiger partial charge on any atom is -0.465 e. The number of aliphatic hydroxyl groups is 5. The van der Waals surface area contributed by atoms with Crippen LogP contribution in [0.15, 0.2) is 11.6 Å². The molecular formula is C38H68O9. The predicted molar refractivity (Wildman–Crippen MR) is 182 cm³/mol. The molecule has 0 amide bonds. The molecule has 0 bridgehead atoms. The molecule has 1 aliphatic carbocycles. The summed E-state index contributed by atoms with van der Waals surface area (Å²) in [6.07, 6.45) is 5.26. The van der Waals surface area contributed by atoms with Gasteiger partial charge in [-0.2, -0.15) is 0 Å². The number of carbonyl (C=O) groups excluding carboxylic acids is 1. The average molecular weight is 669 g/mol. The molecule has 3 rings (SSSR count). The molecule has 2 aliphatic heterocycles. The molecule has 0 radical (unpaired) electrons. The molecule has 0 aromatic heterocycles. The van der Waals surface area contributed by atoms with Crippen LogP contribution >= 0.6 is 0 Å². The standard InChI is InChI=1S/C38H68O9/c1-9-23(4)35-30(21-39)32(40)20-37(47-35)17-18-45-36(43)31-19-26(7)34(42)27(8)38(31,44)28(10-2)14-12-13-24(5)33(41)25(6)15-16-29(11-3)46-22-37/h15,23-24,26-35,39-42,44H,9-14,16-22H2,1-8H3/b25-15+. The van der Waals surface area contributed by atoms with Crippen LogP contribution in [0, 0.1) is 41.4 Å². The zero-order chi connectivity index (χ0) is 35.1. The third-order valence-corrected chi connectivity index (χ3v) is 12.5. The summed E-state index contributed by atoms with van der Waals surface area (Å²) in [6.45, 7) is 16.0. The lowest BCUT2D eigenvalue weighted by molar-refractivity contribution is -0.241. The maximum atomic E-state index is 14.0. The number of ether oxygens (including phenoxy) is 3. The van der Waals surface area contributed by atoms with E-state index < -0.39 is 59.3 Å². The Morgan fingerprint density at radius 2 is 1.74 bits per heavy atom. The lowest BCUT2D eigenvalue weighted by Gasteiger charge is -2.52. The van der Waals surface area contributed by atoms with Crippen molar-refractivity contribution in [3.8, 4) is 0 Å². The Bertz CT molecular complexity index is 1000. The second-order valence-electron chi connectivity index (χ2n) is 15.6. The average Bonchev–Trinajstić information content (AvgIpc) is 3.05. The van der Waals surface area contributed by atoms with Crippen molar-refractivity contribution in [1.82, 2.24) is 0 Å². The van der Waals surface area contributed by atoms with Crippen LogP contribution in [0.25, 0.3) is 0 Å². The number of hydrogen-bond donors (Lipinski definition) is 5. The molecule has 1 spiro atoms. The van der Waals surface area contributed by atoms with Gasteiger partial charge in [0.15, 0.2) is 0 Å². The molecule has 0 aromatic rings. The van der Waals surface area contributed by atoms with Crippen LogP contribution in [0.1, 0.15) is 120 Å². The zero-order valence-corrected chi connectivity index (χ0v) is 30.6. The number of carbonyl (C=O) groups is 1. The molecule has 9 nitrogen and oxygen atoms in total. The van der Waals surface area contributed by atoms with E-state index in [-0.39, 0.29) is 56.0 Å². The van der Waals surface area contributed by atoms with Gasteiger partial charge in [-0.1, -0.05) is 73.8 Å². The SMILES string of the molecule is CCC1C/C=C(\C)C(O)C(C)CCCC(CC)C2(O)C(CC(C)C(O)C2C)C(=O)OCCC2(CO1)CC(O)C(CO)C(C(C)CC)O2. The van der Waals surface area contributed by atoms with Gasteiger partial charge in [0.25, 0.3) is 0 Å². The van der Waals surface area contributed by atoms with Gasteiger partial charge in [-0.05, 0) is 68.3 Å². The molecule has 14 atom stereocenters. The van der Waals surface area contributed by atoms with E-state index in [0.29, 0.717) is 32.1 Å². The van der Waals surface area contributed by atoms with Gasteiger partial charge in [-0.15, -0.1) is 0 Å². The summed E-state index contributed by atoms with van der Waals surface area (Å²) in [5.41, 5.74) is -1.49. The Morgan fingerprint density at radius 3 is 2.36 bits per heavy atom. The first-order valence-electron chi connectivity index (χ1n) is 18.7. The summed E-state index contributed by atoms with van der Waals surface area (Å²) in [5.74, 6) is -2.54. The fourth-order valence-corrected chi connectivity index (χ4v) is 8.78. The predicted octanol–water partition coefficient (Wildman–Crippen LogP) is 5.19. The molecule has 1 saturated heterocycles. The molecule has 3 aliphatic rings. The molecule has 1 saturated carbocycles. The highest BCUT2D eigenvalue weighted by molar-refractivity contribution is 5.74. The highest BCUT2D eigenvalue weighted by atomic mass is 16.6. The fourth-order valence-electron chi connectivity index (χ4n) is 8.78. The van der Waals surface area contributed by atoms with E-state index in [4.69, 9.17) is 14.2 Å². The van der Waals surface area contributed by atoms with Gasteiger partial charge >= 0.3 is 5.97 Å². The third kappa shape index (κ3) is 9.19. The second-order valence-corrected chi connectivity index (χ2v) is 15.6. The van der Waals surface area contributed by atoms with E-state index in [9.17, 15) is 30.3 Å². The van der Waals surface area contributed by atoms with Crippen LogP contribution in [0.5, 0.6) is 0 Å². The van der Waals surface area contributed by atoms with Gasteiger partial charge in [0.2, 0.25) is 0 Å². The van der Waals surface area contributed by atoms with Crippen LogP contribution in [0.4, 0.5) is 0 Å². The lowest BCUT2D eigenvalue weighted by atomic mass is 9.58. The summed E-state index contributed by atoms with van der Waals surface area (Å²) in [6, 6.07) is 0. The van der Waals surface area contributed by atoms with E-state index in [1.165, 1.54) is 0 Å². The Morgan fingerprint density at radius 1 is 1.04 bits per heavy atom. The van der Waals surface area contributed by atoms with Crippen molar-refractivity contribution in [2.24, 2.45) is 41.4 Å². The van der Waals surface area contributed by atoms with E-state index in [1.807, 2.05) is 34.6 Å².